The number of nitrogens with zero attached hydrogens (tertiary/aromatic N) is 2. The van der Waals surface area contributed by atoms with E-state index in [-0.39, 0.29) is 5.82 Å². The summed E-state index contributed by atoms with van der Waals surface area (Å²) in [5.41, 5.74) is -3.19. The molecule has 0 aliphatic carbocycles. The van der Waals surface area contributed by atoms with Crippen molar-refractivity contribution in [2.75, 3.05) is 5.32 Å². The van der Waals surface area contributed by atoms with E-state index in [0.29, 0.717) is 0 Å². The van der Waals surface area contributed by atoms with E-state index in [9.17, 15) is 23.1 Å². The van der Waals surface area contributed by atoms with Crippen molar-refractivity contribution in [1.29, 1.82) is 0 Å². The molecule has 0 aliphatic rings. The molecule has 0 aliphatic heterocycles. The number of hydrogen-bond acceptors (Lipinski definition) is 4. The maximum Gasteiger partial charge on any atom is 0.435 e. The number of aliphatic carboxylic acids is 1. The van der Waals surface area contributed by atoms with Crippen LogP contribution in [0.1, 0.15) is 33.4 Å². The van der Waals surface area contributed by atoms with Crippen LogP contribution in [0.25, 0.3) is 0 Å². The quantitative estimate of drug-likeness (QED) is 0.892. The van der Waals surface area contributed by atoms with E-state index in [0.717, 1.165) is 12.1 Å². The summed E-state index contributed by atoms with van der Waals surface area (Å²) in [7, 11) is 0. The van der Waals surface area contributed by atoms with Crippen molar-refractivity contribution in [3.63, 3.8) is 0 Å². The van der Waals surface area contributed by atoms with Crippen molar-refractivity contribution < 1.29 is 23.1 Å². The van der Waals surface area contributed by atoms with Crippen molar-refractivity contribution in [3.8, 4) is 0 Å². The Labute approximate surface area is 114 Å². The van der Waals surface area contributed by atoms with Crippen LogP contribution in [0, 0.1) is 5.41 Å². The highest BCUT2D eigenvalue weighted by atomic mass is 19.4. The lowest BCUT2D eigenvalue weighted by Crippen LogP contribution is -2.50. The van der Waals surface area contributed by atoms with Gasteiger partial charge in [0.25, 0.3) is 0 Å². The Morgan fingerprint density at radius 2 is 1.70 bits per heavy atom. The lowest BCUT2D eigenvalue weighted by molar-refractivity contribution is -0.149. The molecule has 0 aromatic carbocycles. The second kappa shape index (κ2) is 4.92. The second-order valence-electron chi connectivity index (χ2n) is 5.48. The number of nitrogens with one attached hydrogen (secondary N) is 1. The zero-order valence-corrected chi connectivity index (χ0v) is 11.5. The number of carboxylic acids is 1. The molecule has 0 unspecified atom stereocenters. The molecular formula is C12H16F3N3O2. The number of hydrogen-bond donors (Lipinski definition) is 2. The summed E-state index contributed by atoms with van der Waals surface area (Å²) in [6.07, 6.45) is -4.55. The van der Waals surface area contributed by atoms with Gasteiger partial charge in [-0.25, -0.2) is 0 Å². The number of aromatic nitrogens is 2. The standard InChI is InChI=1S/C12H16F3N3O2/c1-10(2,9(19)20)11(3,4)16-8-6-5-7(17-18-8)12(13,14)15/h5-6H,1-4H3,(H,16,18)(H,19,20). The van der Waals surface area contributed by atoms with Crippen LogP contribution in [0.15, 0.2) is 12.1 Å². The van der Waals surface area contributed by atoms with E-state index in [1.807, 2.05) is 0 Å². The SMILES string of the molecule is CC(C)(Nc1ccc(C(F)(F)F)nn1)C(C)(C)C(=O)O. The molecule has 112 valence electrons. The molecule has 1 heterocycles. The maximum atomic E-state index is 12.4. The van der Waals surface area contributed by atoms with E-state index < -0.39 is 28.8 Å². The van der Waals surface area contributed by atoms with Crippen LogP contribution in [-0.2, 0) is 11.0 Å². The minimum Gasteiger partial charge on any atom is -0.481 e. The van der Waals surface area contributed by atoms with Gasteiger partial charge in [0.15, 0.2) is 5.69 Å². The van der Waals surface area contributed by atoms with Crippen LogP contribution >= 0.6 is 0 Å². The van der Waals surface area contributed by atoms with E-state index in [4.69, 9.17) is 0 Å². The fourth-order valence-corrected chi connectivity index (χ4v) is 1.29. The van der Waals surface area contributed by atoms with E-state index in [2.05, 4.69) is 15.5 Å². The minimum atomic E-state index is -4.55. The molecule has 5 nitrogen and oxygen atoms in total. The maximum absolute atomic E-state index is 12.4. The zero-order valence-electron chi connectivity index (χ0n) is 11.5. The average Bonchev–Trinajstić information content (AvgIpc) is 2.27. The molecule has 0 amide bonds. The summed E-state index contributed by atoms with van der Waals surface area (Å²) in [4.78, 5) is 11.2. The first-order valence-corrected chi connectivity index (χ1v) is 5.80. The van der Waals surface area contributed by atoms with Gasteiger partial charge in [-0.05, 0) is 39.8 Å². The Balaban J connectivity index is 2.97. The highest BCUT2D eigenvalue weighted by Crippen LogP contribution is 2.34. The topological polar surface area (TPSA) is 75.1 Å². The second-order valence-corrected chi connectivity index (χ2v) is 5.48. The van der Waals surface area contributed by atoms with E-state index in [1.165, 1.54) is 13.8 Å². The largest absolute Gasteiger partial charge is 0.481 e. The molecular weight excluding hydrogens is 275 g/mol. The predicted molar refractivity (Wildman–Crippen MR) is 66.2 cm³/mol. The molecule has 0 radical (unpaired) electrons. The lowest BCUT2D eigenvalue weighted by Gasteiger charge is -2.39. The van der Waals surface area contributed by atoms with Crippen LogP contribution < -0.4 is 5.32 Å². The van der Waals surface area contributed by atoms with Gasteiger partial charge in [-0.15, -0.1) is 10.2 Å². The van der Waals surface area contributed by atoms with Gasteiger partial charge in [0.2, 0.25) is 0 Å². The third-order valence-corrected chi connectivity index (χ3v) is 3.49. The van der Waals surface area contributed by atoms with Crippen molar-refractivity contribution in [2.45, 2.75) is 39.4 Å². The Hall–Kier alpha value is -1.86. The minimum absolute atomic E-state index is 0.0809. The summed E-state index contributed by atoms with van der Waals surface area (Å²) in [6.45, 7) is 6.28. The summed E-state index contributed by atoms with van der Waals surface area (Å²) in [5.74, 6) is -0.952. The summed E-state index contributed by atoms with van der Waals surface area (Å²) < 4.78 is 37.1. The monoisotopic (exact) mass is 291 g/mol. The number of rotatable bonds is 4. The number of anilines is 1. The normalized spacial score (nSPS) is 13.2. The zero-order chi connectivity index (χ0) is 15.8. The Kier molecular flexibility index (Phi) is 3.98. The number of halogens is 3. The molecule has 8 heteroatoms. The molecule has 0 atom stereocenters. The Bertz CT molecular complexity index is 496. The first-order valence-electron chi connectivity index (χ1n) is 5.80. The predicted octanol–water partition coefficient (Wildman–Crippen LogP) is 2.80. The van der Waals surface area contributed by atoms with Gasteiger partial charge in [-0.1, -0.05) is 0 Å². The molecule has 1 rings (SSSR count). The van der Waals surface area contributed by atoms with Crippen molar-refractivity contribution in [2.24, 2.45) is 5.41 Å². The number of carboxylic acid groups (broad SMARTS) is 1. The molecule has 0 saturated carbocycles. The van der Waals surface area contributed by atoms with Crippen molar-refractivity contribution >= 4 is 11.8 Å². The van der Waals surface area contributed by atoms with Gasteiger partial charge >= 0.3 is 12.1 Å². The highest BCUT2D eigenvalue weighted by Gasteiger charge is 2.44. The molecule has 20 heavy (non-hydrogen) atoms. The fourth-order valence-electron chi connectivity index (χ4n) is 1.29. The van der Waals surface area contributed by atoms with Gasteiger partial charge in [0, 0.05) is 5.54 Å². The summed E-state index contributed by atoms with van der Waals surface area (Å²) >= 11 is 0. The van der Waals surface area contributed by atoms with Gasteiger partial charge in [-0.2, -0.15) is 13.2 Å². The van der Waals surface area contributed by atoms with Crippen molar-refractivity contribution in [1.82, 2.24) is 10.2 Å². The molecule has 1 aromatic heterocycles. The van der Waals surface area contributed by atoms with Crippen LogP contribution in [-0.4, -0.2) is 26.8 Å². The third kappa shape index (κ3) is 3.17. The molecule has 0 spiro atoms. The fraction of sp³-hybridized carbons (Fsp3) is 0.583. The number of alkyl halides is 3. The summed E-state index contributed by atoms with van der Waals surface area (Å²) in [5, 5.41) is 18.5. The first kappa shape index (κ1) is 16.2. The average molecular weight is 291 g/mol. The van der Waals surface area contributed by atoms with E-state index >= 15 is 0 Å². The summed E-state index contributed by atoms with van der Waals surface area (Å²) in [6, 6.07) is 1.91. The highest BCUT2D eigenvalue weighted by molar-refractivity contribution is 5.76. The molecule has 0 saturated heterocycles. The van der Waals surface area contributed by atoms with Gasteiger partial charge < -0.3 is 10.4 Å². The number of carbonyl (C=O) groups is 1. The molecule has 0 bridgehead atoms. The molecule has 1 aromatic rings. The first-order chi connectivity index (χ1) is 8.88. The van der Waals surface area contributed by atoms with Crippen LogP contribution in [0.4, 0.5) is 19.0 Å². The molecule has 0 fully saturated rings. The van der Waals surface area contributed by atoms with Crippen molar-refractivity contribution in [3.05, 3.63) is 17.8 Å². The van der Waals surface area contributed by atoms with Crippen LogP contribution in [0.2, 0.25) is 0 Å². The Morgan fingerprint density at radius 3 is 2.05 bits per heavy atom. The van der Waals surface area contributed by atoms with Crippen LogP contribution in [0.5, 0.6) is 0 Å². The lowest BCUT2D eigenvalue weighted by atomic mass is 9.74. The molecule has 2 N–H and O–H groups in total. The van der Waals surface area contributed by atoms with Gasteiger partial charge in [-0.3, -0.25) is 4.79 Å². The van der Waals surface area contributed by atoms with Gasteiger partial charge in [0.05, 0.1) is 5.41 Å². The van der Waals surface area contributed by atoms with Gasteiger partial charge in [0.1, 0.15) is 5.82 Å². The Morgan fingerprint density at radius 1 is 1.15 bits per heavy atom. The van der Waals surface area contributed by atoms with E-state index in [1.54, 1.807) is 13.8 Å². The van der Waals surface area contributed by atoms with Crippen LogP contribution in [0.3, 0.4) is 0 Å². The third-order valence-electron chi connectivity index (χ3n) is 3.49. The smallest absolute Gasteiger partial charge is 0.435 e.